The average molecular weight is 311 g/mol. The van der Waals surface area contributed by atoms with Gasteiger partial charge in [0.25, 0.3) is 0 Å². The van der Waals surface area contributed by atoms with Crippen molar-refractivity contribution in [2.75, 3.05) is 19.0 Å². The van der Waals surface area contributed by atoms with E-state index in [2.05, 4.69) is 4.98 Å². The molecule has 2 rings (SSSR count). The number of rotatable bonds is 3. The minimum Gasteiger partial charge on any atom is -0.421 e. The number of hydrogen-bond donors (Lipinski definition) is 0. The number of anilines is 1. The van der Waals surface area contributed by atoms with E-state index in [0.717, 1.165) is 0 Å². The summed E-state index contributed by atoms with van der Waals surface area (Å²) >= 11 is 11.9. The van der Waals surface area contributed by atoms with Crippen LogP contribution in [0.3, 0.4) is 0 Å². The maximum absolute atomic E-state index is 12.2. The number of halogens is 2. The number of carbonyl (C=O) groups is 1. The zero-order chi connectivity index (χ0) is 14.7. The molecule has 0 saturated heterocycles. The van der Waals surface area contributed by atoms with Gasteiger partial charge in [-0.15, -0.1) is 0 Å². The summed E-state index contributed by atoms with van der Waals surface area (Å²) in [6, 6.07) is 8.17. The van der Waals surface area contributed by atoms with Gasteiger partial charge in [-0.2, -0.15) is 0 Å². The van der Waals surface area contributed by atoms with Gasteiger partial charge in [-0.05, 0) is 24.3 Å². The fourth-order valence-electron chi connectivity index (χ4n) is 1.63. The van der Waals surface area contributed by atoms with Gasteiger partial charge in [0.05, 0.1) is 5.02 Å². The molecule has 1 aromatic heterocycles. The van der Waals surface area contributed by atoms with Gasteiger partial charge in [-0.25, -0.2) is 9.78 Å². The summed E-state index contributed by atoms with van der Waals surface area (Å²) in [6.45, 7) is 0. The summed E-state index contributed by atoms with van der Waals surface area (Å²) in [5.41, 5.74) is 0.355. The van der Waals surface area contributed by atoms with E-state index in [-0.39, 0.29) is 10.8 Å². The van der Waals surface area contributed by atoms with Crippen molar-refractivity contribution in [2.24, 2.45) is 0 Å². The van der Waals surface area contributed by atoms with Gasteiger partial charge in [0.1, 0.15) is 16.4 Å². The minimum absolute atomic E-state index is 0.206. The van der Waals surface area contributed by atoms with Crippen molar-refractivity contribution in [1.82, 2.24) is 4.98 Å². The number of nitrogens with zero attached hydrogens (tertiary/aromatic N) is 2. The topological polar surface area (TPSA) is 42.4 Å². The van der Waals surface area contributed by atoms with E-state index in [1.807, 2.05) is 0 Å². The SMILES string of the molecule is CN(C)c1ncccc1C(=O)Oc1cccc(Cl)c1Cl. The molecule has 2 aromatic rings. The first kappa shape index (κ1) is 14.6. The van der Waals surface area contributed by atoms with Gasteiger partial charge in [-0.3, -0.25) is 0 Å². The maximum Gasteiger partial charge on any atom is 0.347 e. The van der Waals surface area contributed by atoms with Gasteiger partial charge >= 0.3 is 5.97 Å². The fraction of sp³-hybridized carbons (Fsp3) is 0.143. The number of ether oxygens (including phenoxy) is 1. The van der Waals surface area contributed by atoms with Crippen LogP contribution >= 0.6 is 23.2 Å². The Balaban J connectivity index is 2.31. The molecule has 0 N–H and O–H groups in total. The number of benzene rings is 1. The molecule has 104 valence electrons. The van der Waals surface area contributed by atoms with Gasteiger partial charge in [0.2, 0.25) is 0 Å². The molecule has 0 aliphatic rings. The highest BCUT2D eigenvalue weighted by atomic mass is 35.5. The Labute approximate surface area is 126 Å². The number of aromatic nitrogens is 1. The lowest BCUT2D eigenvalue weighted by Gasteiger charge is -2.15. The zero-order valence-electron chi connectivity index (χ0n) is 10.9. The van der Waals surface area contributed by atoms with Crippen molar-refractivity contribution in [2.45, 2.75) is 0 Å². The van der Waals surface area contributed by atoms with Crippen molar-refractivity contribution in [3.05, 3.63) is 52.1 Å². The Hall–Kier alpha value is -1.78. The number of carbonyl (C=O) groups excluding carboxylic acids is 1. The summed E-state index contributed by atoms with van der Waals surface area (Å²) < 4.78 is 5.28. The third-order valence-electron chi connectivity index (χ3n) is 2.55. The number of hydrogen-bond acceptors (Lipinski definition) is 4. The van der Waals surface area contributed by atoms with Gasteiger partial charge < -0.3 is 9.64 Å². The smallest absolute Gasteiger partial charge is 0.347 e. The standard InChI is InChI=1S/C14H12Cl2N2O2/c1-18(2)13-9(5-4-8-17-13)14(19)20-11-7-3-6-10(15)12(11)16/h3-8H,1-2H3. The summed E-state index contributed by atoms with van der Waals surface area (Å²) in [6.07, 6.45) is 1.61. The molecule has 0 fully saturated rings. The monoisotopic (exact) mass is 310 g/mol. The molecule has 1 heterocycles. The Morgan fingerprint density at radius 2 is 1.95 bits per heavy atom. The molecule has 1 aromatic carbocycles. The first-order chi connectivity index (χ1) is 9.50. The Bertz CT molecular complexity index is 645. The lowest BCUT2D eigenvalue weighted by Crippen LogP contribution is -2.18. The van der Waals surface area contributed by atoms with Crippen molar-refractivity contribution >= 4 is 35.0 Å². The molecule has 0 spiro atoms. The van der Waals surface area contributed by atoms with Gasteiger partial charge in [-0.1, -0.05) is 29.3 Å². The summed E-state index contributed by atoms with van der Waals surface area (Å²) in [5.74, 6) is 0.208. The molecule has 0 saturated carbocycles. The molecule has 0 radical (unpaired) electrons. The molecule has 0 aliphatic heterocycles. The Morgan fingerprint density at radius 1 is 1.20 bits per heavy atom. The van der Waals surface area contributed by atoms with Crippen LogP contribution in [0.25, 0.3) is 0 Å². The van der Waals surface area contributed by atoms with Crippen LogP contribution < -0.4 is 9.64 Å². The summed E-state index contributed by atoms with van der Waals surface area (Å²) in [4.78, 5) is 18.1. The van der Waals surface area contributed by atoms with Crippen LogP contribution in [0.2, 0.25) is 10.0 Å². The van der Waals surface area contributed by atoms with Crippen LogP contribution in [0.5, 0.6) is 5.75 Å². The van der Waals surface area contributed by atoms with Gasteiger partial charge in [0.15, 0.2) is 5.75 Å². The van der Waals surface area contributed by atoms with E-state index in [0.29, 0.717) is 16.4 Å². The third kappa shape index (κ3) is 3.03. The zero-order valence-corrected chi connectivity index (χ0v) is 12.4. The molecule has 4 nitrogen and oxygen atoms in total. The second-order valence-electron chi connectivity index (χ2n) is 4.21. The maximum atomic E-state index is 12.2. The highest BCUT2D eigenvalue weighted by Crippen LogP contribution is 2.32. The first-order valence-electron chi connectivity index (χ1n) is 5.79. The highest BCUT2D eigenvalue weighted by Gasteiger charge is 2.17. The van der Waals surface area contributed by atoms with Crippen LogP contribution in [0.4, 0.5) is 5.82 Å². The predicted molar refractivity (Wildman–Crippen MR) is 80.0 cm³/mol. The molecule has 0 atom stereocenters. The Kier molecular flexibility index (Phi) is 4.47. The van der Waals surface area contributed by atoms with Gasteiger partial charge in [0, 0.05) is 20.3 Å². The molecule has 0 bridgehead atoms. The van der Waals surface area contributed by atoms with Crippen molar-refractivity contribution in [1.29, 1.82) is 0 Å². The number of pyridine rings is 1. The molecule has 6 heteroatoms. The number of esters is 1. The lowest BCUT2D eigenvalue weighted by atomic mass is 10.2. The van der Waals surface area contributed by atoms with E-state index in [1.54, 1.807) is 55.5 Å². The van der Waals surface area contributed by atoms with Crippen molar-refractivity contribution < 1.29 is 9.53 Å². The molecule has 20 heavy (non-hydrogen) atoms. The van der Waals surface area contributed by atoms with Crippen LogP contribution in [-0.2, 0) is 0 Å². The molecule has 0 amide bonds. The van der Waals surface area contributed by atoms with E-state index in [1.165, 1.54) is 0 Å². The second kappa shape index (κ2) is 6.11. The molecule has 0 aliphatic carbocycles. The Morgan fingerprint density at radius 3 is 2.65 bits per heavy atom. The lowest BCUT2D eigenvalue weighted by molar-refractivity contribution is 0.0735. The largest absolute Gasteiger partial charge is 0.421 e. The van der Waals surface area contributed by atoms with Crippen LogP contribution in [-0.4, -0.2) is 25.0 Å². The molecular formula is C14H12Cl2N2O2. The van der Waals surface area contributed by atoms with E-state index >= 15 is 0 Å². The predicted octanol–water partition coefficient (Wildman–Crippen LogP) is 3.67. The van der Waals surface area contributed by atoms with Crippen molar-refractivity contribution in [3.63, 3.8) is 0 Å². The van der Waals surface area contributed by atoms with Crippen LogP contribution in [0.15, 0.2) is 36.5 Å². The molecule has 0 unspecified atom stereocenters. The average Bonchev–Trinajstić information content (AvgIpc) is 2.43. The minimum atomic E-state index is -0.536. The quantitative estimate of drug-likeness (QED) is 0.641. The third-order valence-corrected chi connectivity index (χ3v) is 3.35. The van der Waals surface area contributed by atoms with Crippen LogP contribution in [0.1, 0.15) is 10.4 Å². The first-order valence-corrected chi connectivity index (χ1v) is 6.55. The second-order valence-corrected chi connectivity index (χ2v) is 5.00. The van der Waals surface area contributed by atoms with E-state index in [4.69, 9.17) is 27.9 Å². The summed E-state index contributed by atoms with van der Waals surface area (Å²) in [7, 11) is 3.59. The fourth-order valence-corrected chi connectivity index (χ4v) is 1.96. The molecular weight excluding hydrogens is 299 g/mol. The van der Waals surface area contributed by atoms with Crippen molar-refractivity contribution in [3.8, 4) is 5.75 Å². The van der Waals surface area contributed by atoms with E-state index in [9.17, 15) is 4.79 Å². The highest BCUT2D eigenvalue weighted by molar-refractivity contribution is 6.43. The summed E-state index contributed by atoms with van der Waals surface area (Å²) in [5, 5.41) is 0.536. The van der Waals surface area contributed by atoms with Crippen LogP contribution in [0, 0.1) is 0 Å². The normalized spacial score (nSPS) is 10.2. The van der Waals surface area contributed by atoms with E-state index < -0.39 is 5.97 Å².